The van der Waals surface area contributed by atoms with Crippen molar-refractivity contribution < 1.29 is 4.79 Å². The summed E-state index contributed by atoms with van der Waals surface area (Å²) in [4.78, 5) is 13.4. The maximum Gasteiger partial charge on any atom is 0.216 e. The second-order valence-corrected chi connectivity index (χ2v) is 5.91. The second-order valence-electron chi connectivity index (χ2n) is 5.91. The molecule has 1 saturated heterocycles. The van der Waals surface area contributed by atoms with E-state index in [0.717, 1.165) is 44.6 Å². The Morgan fingerprint density at radius 3 is 2.71 bits per heavy atom. The average Bonchev–Trinajstić information content (AvgIpc) is 2.48. The van der Waals surface area contributed by atoms with Gasteiger partial charge in [0.25, 0.3) is 0 Å². The van der Waals surface area contributed by atoms with Gasteiger partial charge in [0, 0.05) is 20.0 Å². The van der Waals surface area contributed by atoms with E-state index in [1.165, 1.54) is 11.1 Å². The van der Waals surface area contributed by atoms with Gasteiger partial charge >= 0.3 is 0 Å². The molecule has 2 rings (SSSR count). The largest absolute Gasteiger partial charge is 0.356 e. The molecule has 21 heavy (non-hydrogen) atoms. The highest BCUT2D eigenvalue weighted by atomic mass is 16.1. The van der Waals surface area contributed by atoms with E-state index in [4.69, 9.17) is 5.26 Å². The van der Waals surface area contributed by atoms with Gasteiger partial charge in [0.15, 0.2) is 0 Å². The topological polar surface area (TPSA) is 56.1 Å². The lowest BCUT2D eigenvalue weighted by Crippen LogP contribution is -2.37. The molecule has 0 spiro atoms. The quantitative estimate of drug-likeness (QED) is 0.923. The van der Waals surface area contributed by atoms with E-state index >= 15 is 0 Å². The smallest absolute Gasteiger partial charge is 0.216 e. The van der Waals surface area contributed by atoms with Crippen molar-refractivity contribution in [1.29, 1.82) is 5.26 Å². The molecular formula is C17H23N3O. The minimum Gasteiger partial charge on any atom is -0.356 e. The number of carbonyl (C=O) groups is 1. The Labute approximate surface area is 126 Å². The van der Waals surface area contributed by atoms with E-state index in [1.54, 1.807) is 6.92 Å². The van der Waals surface area contributed by atoms with Crippen LogP contribution < -0.4 is 5.32 Å². The molecule has 1 N–H and O–H groups in total. The van der Waals surface area contributed by atoms with Crippen LogP contribution in [0.1, 0.15) is 36.5 Å². The van der Waals surface area contributed by atoms with Crippen molar-refractivity contribution in [2.75, 3.05) is 19.6 Å². The maximum absolute atomic E-state index is 10.9. The molecule has 1 aromatic rings. The van der Waals surface area contributed by atoms with Crippen molar-refractivity contribution in [3.05, 3.63) is 34.9 Å². The number of rotatable bonds is 4. The summed E-state index contributed by atoms with van der Waals surface area (Å²) in [6.45, 7) is 7.54. The fourth-order valence-electron chi connectivity index (χ4n) is 2.82. The first-order chi connectivity index (χ1) is 10.1. The molecule has 0 aromatic heterocycles. The molecule has 1 heterocycles. The van der Waals surface area contributed by atoms with Gasteiger partial charge in [-0.25, -0.2) is 0 Å². The number of piperidine rings is 1. The summed E-state index contributed by atoms with van der Waals surface area (Å²) in [5, 5.41) is 11.8. The number of nitrogens with zero attached hydrogens (tertiary/aromatic N) is 2. The van der Waals surface area contributed by atoms with Crippen LogP contribution in [0, 0.1) is 24.2 Å². The molecule has 0 radical (unpaired) electrons. The lowest BCUT2D eigenvalue weighted by molar-refractivity contribution is -0.119. The zero-order valence-electron chi connectivity index (χ0n) is 12.9. The fraction of sp³-hybridized carbons (Fsp3) is 0.529. The van der Waals surface area contributed by atoms with Gasteiger partial charge in [-0.05, 0) is 62.0 Å². The molecule has 0 saturated carbocycles. The van der Waals surface area contributed by atoms with Crippen molar-refractivity contribution in [2.45, 2.75) is 33.2 Å². The Morgan fingerprint density at radius 2 is 2.14 bits per heavy atom. The number of hydrogen-bond acceptors (Lipinski definition) is 3. The van der Waals surface area contributed by atoms with Gasteiger partial charge in [-0.3, -0.25) is 9.69 Å². The first-order valence-electron chi connectivity index (χ1n) is 7.55. The predicted octanol–water partition coefficient (Wildman–Crippen LogP) is 2.21. The van der Waals surface area contributed by atoms with Crippen LogP contribution in [0.4, 0.5) is 0 Å². The zero-order chi connectivity index (χ0) is 15.2. The molecule has 0 unspecified atom stereocenters. The standard InChI is InChI=1S/C17H23N3O/c1-13-9-16(10-18)3-4-17(13)12-20-7-5-15(6-8-20)11-19-14(2)21/h3-4,9,15H,5-8,11-12H2,1-2H3,(H,19,21). The second kappa shape index (κ2) is 7.24. The van der Waals surface area contributed by atoms with Crippen LogP contribution >= 0.6 is 0 Å². The summed E-state index contributed by atoms with van der Waals surface area (Å²) in [5.41, 5.74) is 3.22. The SMILES string of the molecule is CC(=O)NCC1CCN(Cc2ccc(C#N)cc2C)CC1. The van der Waals surface area contributed by atoms with Gasteiger partial charge in [0.05, 0.1) is 11.6 Å². The summed E-state index contributed by atoms with van der Waals surface area (Å²) in [7, 11) is 0. The molecule has 1 aliphatic rings. The first kappa shape index (κ1) is 15.5. The molecule has 0 atom stereocenters. The summed E-state index contributed by atoms with van der Waals surface area (Å²) in [5.74, 6) is 0.665. The number of amides is 1. The Balaban J connectivity index is 1.83. The van der Waals surface area contributed by atoms with E-state index < -0.39 is 0 Å². The van der Waals surface area contributed by atoms with Crippen LogP contribution in [-0.4, -0.2) is 30.4 Å². The molecule has 112 valence electrons. The van der Waals surface area contributed by atoms with Crippen LogP contribution in [0.5, 0.6) is 0 Å². The first-order valence-corrected chi connectivity index (χ1v) is 7.55. The van der Waals surface area contributed by atoms with Crippen molar-refractivity contribution >= 4 is 5.91 Å². The van der Waals surface area contributed by atoms with Crippen LogP contribution in [0.2, 0.25) is 0 Å². The molecule has 4 heteroatoms. The number of likely N-dealkylation sites (tertiary alicyclic amines) is 1. The summed E-state index contributed by atoms with van der Waals surface area (Å²) in [6.07, 6.45) is 2.27. The van der Waals surface area contributed by atoms with E-state index in [9.17, 15) is 4.79 Å². The molecule has 1 fully saturated rings. The van der Waals surface area contributed by atoms with Crippen LogP contribution in [0.25, 0.3) is 0 Å². The number of carbonyl (C=O) groups excluding carboxylic acids is 1. The summed E-state index contributed by atoms with van der Waals surface area (Å²) in [6, 6.07) is 8.10. The van der Waals surface area contributed by atoms with Gasteiger partial charge in [-0.1, -0.05) is 6.07 Å². The number of benzene rings is 1. The molecular weight excluding hydrogens is 262 g/mol. The van der Waals surface area contributed by atoms with E-state index in [2.05, 4.69) is 29.3 Å². The summed E-state index contributed by atoms with van der Waals surface area (Å²) >= 11 is 0. The highest BCUT2D eigenvalue weighted by Crippen LogP contribution is 2.20. The molecule has 4 nitrogen and oxygen atoms in total. The van der Waals surface area contributed by atoms with Crippen molar-refractivity contribution in [3.63, 3.8) is 0 Å². The average molecular weight is 285 g/mol. The predicted molar refractivity (Wildman–Crippen MR) is 82.6 cm³/mol. The lowest BCUT2D eigenvalue weighted by atomic mass is 9.96. The van der Waals surface area contributed by atoms with E-state index in [-0.39, 0.29) is 5.91 Å². The number of nitrogens with one attached hydrogen (secondary N) is 1. The van der Waals surface area contributed by atoms with Crippen molar-refractivity contribution in [1.82, 2.24) is 10.2 Å². The van der Waals surface area contributed by atoms with E-state index in [1.807, 2.05) is 12.1 Å². The number of aryl methyl sites for hydroxylation is 1. The Kier molecular flexibility index (Phi) is 5.35. The minimum absolute atomic E-state index is 0.0608. The lowest BCUT2D eigenvalue weighted by Gasteiger charge is -2.32. The van der Waals surface area contributed by atoms with Crippen molar-refractivity contribution in [3.8, 4) is 6.07 Å². The highest BCUT2D eigenvalue weighted by Gasteiger charge is 2.19. The fourth-order valence-corrected chi connectivity index (χ4v) is 2.82. The Bertz CT molecular complexity index is 539. The number of nitriles is 1. The Morgan fingerprint density at radius 1 is 1.43 bits per heavy atom. The zero-order valence-corrected chi connectivity index (χ0v) is 12.9. The third kappa shape index (κ3) is 4.57. The van der Waals surface area contributed by atoms with Gasteiger partial charge in [0.1, 0.15) is 0 Å². The van der Waals surface area contributed by atoms with Crippen LogP contribution in [0.3, 0.4) is 0 Å². The normalized spacial score (nSPS) is 16.4. The van der Waals surface area contributed by atoms with Crippen LogP contribution in [0.15, 0.2) is 18.2 Å². The molecule has 1 amide bonds. The molecule has 0 aliphatic carbocycles. The van der Waals surface area contributed by atoms with Gasteiger partial charge in [0.2, 0.25) is 5.91 Å². The van der Waals surface area contributed by atoms with Crippen LogP contribution in [-0.2, 0) is 11.3 Å². The minimum atomic E-state index is 0.0608. The van der Waals surface area contributed by atoms with Gasteiger partial charge in [-0.2, -0.15) is 5.26 Å². The van der Waals surface area contributed by atoms with Gasteiger partial charge < -0.3 is 5.32 Å². The highest BCUT2D eigenvalue weighted by molar-refractivity contribution is 5.72. The van der Waals surface area contributed by atoms with E-state index in [0.29, 0.717) is 5.92 Å². The third-order valence-electron chi connectivity index (χ3n) is 4.21. The molecule has 1 aliphatic heterocycles. The molecule has 0 bridgehead atoms. The Hall–Kier alpha value is -1.86. The monoisotopic (exact) mass is 285 g/mol. The summed E-state index contributed by atoms with van der Waals surface area (Å²) < 4.78 is 0. The van der Waals surface area contributed by atoms with Crippen molar-refractivity contribution in [2.24, 2.45) is 5.92 Å². The maximum atomic E-state index is 10.9. The molecule has 1 aromatic carbocycles. The number of hydrogen-bond donors (Lipinski definition) is 1. The van der Waals surface area contributed by atoms with Gasteiger partial charge in [-0.15, -0.1) is 0 Å². The third-order valence-corrected chi connectivity index (χ3v) is 4.21.